The molecule has 4 heteroatoms. The lowest BCUT2D eigenvalue weighted by Crippen LogP contribution is -2.11. The van der Waals surface area contributed by atoms with Gasteiger partial charge < -0.3 is 9.88 Å². The highest BCUT2D eigenvalue weighted by Gasteiger charge is 2.05. The van der Waals surface area contributed by atoms with Gasteiger partial charge in [0.25, 0.3) is 0 Å². The number of nitrogens with one attached hydrogen (secondary N) is 1. The molecule has 18 heavy (non-hydrogen) atoms. The van der Waals surface area contributed by atoms with Gasteiger partial charge in [-0.25, -0.2) is 0 Å². The van der Waals surface area contributed by atoms with Crippen molar-refractivity contribution in [2.24, 2.45) is 7.05 Å². The second-order valence-electron chi connectivity index (χ2n) is 4.35. The quantitative estimate of drug-likeness (QED) is 0.779. The topological polar surface area (TPSA) is 29.9 Å². The molecule has 0 bridgehead atoms. The van der Waals surface area contributed by atoms with Crippen LogP contribution in [0.15, 0.2) is 42.2 Å². The molecule has 0 atom stereocenters. The van der Waals surface area contributed by atoms with Crippen molar-refractivity contribution in [1.29, 1.82) is 0 Å². The molecule has 0 aliphatic heterocycles. The average molecular weight is 257 g/mol. The number of para-hydroxylation sites is 1. The summed E-state index contributed by atoms with van der Waals surface area (Å²) in [6, 6.07) is 8.51. The predicted octanol–water partition coefficient (Wildman–Crippen LogP) is 2.92. The zero-order chi connectivity index (χ0) is 12.4. The van der Waals surface area contributed by atoms with Gasteiger partial charge in [-0.15, -0.1) is 11.3 Å². The Kier molecular flexibility index (Phi) is 3.13. The van der Waals surface area contributed by atoms with Gasteiger partial charge in [0.1, 0.15) is 0 Å². The summed E-state index contributed by atoms with van der Waals surface area (Å²) in [6.45, 7) is 1.77. The van der Waals surface area contributed by atoms with Crippen molar-refractivity contribution in [2.45, 2.75) is 13.1 Å². The molecule has 0 saturated heterocycles. The fourth-order valence-corrected chi connectivity index (χ4v) is 2.78. The molecular weight excluding hydrogens is 242 g/mol. The molecule has 3 aromatic rings. The van der Waals surface area contributed by atoms with Crippen LogP contribution in [0.25, 0.3) is 10.9 Å². The number of hydrogen-bond acceptors (Lipinski definition) is 3. The third kappa shape index (κ3) is 2.17. The van der Waals surface area contributed by atoms with Crippen molar-refractivity contribution >= 4 is 22.2 Å². The van der Waals surface area contributed by atoms with Gasteiger partial charge in [0.15, 0.2) is 0 Å². The van der Waals surface area contributed by atoms with E-state index < -0.39 is 0 Å². The van der Waals surface area contributed by atoms with Crippen molar-refractivity contribution in [3.63, 3.8) is 0 Å². The smallest absolute Gasteiger partial charge is 0.0794 e. The first-order valence-electron chi connectivity index (χ1n) is 5.95. The molecular formula is C14H15N3S. The van der Waals surface area contributed by atoms with Gasteiger partial charge in [-0.1, -0.05) is 18.2 Å². The lowest BCUT2D eigenvalue weighted by Gasteiger charge is -2.01. The summed E-state index contributed by atoms with van der Waals surface area (Å²) < 4.78 is 2.18. The maximum atomic E-state index is 4.08. The van der Waals surface area contributed by atoms with Crippen molar-refractivity contribution in [3.05, 3.63) is 52.6 Å². The van der Waals surface area contributed by atoms with Gasteiger partial charge in [0, 0.05) is 48.3 Å². The normalized spacial score (nSPS) is 11.2. The van der Waals surface area contributed by atoms with E-state index in [0.29, 0.717) is 0 Å². The number of fused-ring (bicyclic) bond motifs is 1. The van der Waals surface area contributed by atoms with E-state index in [2.05, 4.69) is 52.4 Å². The molecule has 0 spiro atoms. The van der Waals surface area contributed by atoms with E-state index in [0.717, 1.165) is 13.1 Å². The number of nitrogens with zero attached hydrogens (tertiary/aromatic N) is 2. The highest BCUT2D eigenvalue weighted by atomic mass is 32.1. The van der Waals surface area contributed by atoms with E-state index in [1.165, 1.54) is 21.3 Å². The Balaban J connectivity index is 1.75. The molecule has 3 nitrogen and oxygen atoms in total. The number of hydrogen-bond donors (Lipinski definition) is 1. The summed E-state index contributed by atoms with van der Waals surface area (Å²) in [5.74, 6) is 0. The second kappa shape index (κ2) is 4.92. The standard InChI is InChI=1S/C14H15N3S/c1-17-9-11(13-4-2-3-5-14(13)17)6-15-7-12-8-16-10-18-12/h2-5,8-10,15H,6-7H2,1H3. The van der Waals surface area contributed by atoms with Crippen LogP contribution in [0.4, 0.5) is 0 Å². The maximum absolute atomic E-state index is 4.08. The minimum Gasteiger partial charge on any atom is -0.350 e. The van der Waals surface area contributed by atoms with Crippen molar-refractivity contribution in [1.82, 2.24) is 14.9 Å². The van der Waals surface area contributed by atoms with Crippen molar-refractivity contribution in [2.75, 3.05) is 0 Å². The molecule has 0 fully saturated rings. The van der Waals surface area contributed by atoms with Gasteiger partial charge in [-0.05, 0) is 11.6 Å². The van der Waals surface area contributed by atoms with E-state index >= 15 is 0 Å². The van der Waals surface area contributed by atoms with Crippen LogP contribution in [-0.2, 0) is 20.1 Å². The first kappa shape index (κ1) is 11.4. The SMILES string of the molecule is Cn1cc(CNCc2cncs2)c2ccccc21. The Bertz CT molecular complexity index is 640. The van der Waals surface area contributed by atoms with Crippen LogP contribution < -0.4 is 5.32 Å². The van der Waals surface area contributed by atoms with Crippen molar-refractivity contribution in [3.8, 4) is 0 Å². The van der Waals surface area contributed by atoms with Gasteiger partial charge in [0.05, 0.1) is 5.51 Å². The van der Waals surface area contributed by atoms with Gasteiger partial charge in [-0.3, -0.25) is 4.98 Å². The molecule has 0 aliphatic carbocycles. The minimum absolute atomic E-state index is 0.883. The van der Waals surface area contributed by atoms with E-state index in [-0.39, 0.29) is 0 Å². The first-order chi connectivity index (χ1) is 8.84. The largest absolute Gasteiger partial charge is 0.350 e. The zero-order valence-electron chi connectivity index (χ0n) is 10.3. The molecule has 0 aliphatic rings. The third-order valence-corrected chi connectivity index (χ3v) is 3.86. The Morgan fingerprint density at radius 1 is 1.28 bits per heavy atom. The van der Waals surface area contributed by atoms with Gasteiger partial charge in [-0.2, -0.15) is 0 Å². The Morgan fingerprint density at radius 3 is 3.00 bits per heavy atom. The summed E-state index contributed by atoms with van der Waals surface area (Å²) in [6.07, 6.45) is 4.12. The monoisotopic (exact) mass is 257 g/mol. The number of thiazole rings is 1. The molecule has 2 aromatic heterocycles. The van der Waals surface area contributed by atoms with Crippen LogP contribution in [0.3, 0.4) is 0 Å². The molecule has 1 N–H and O–H groups in total. The lowest BCUT2D eigenvalue weighted by molar-refractivity contribution is 0.701. The number of rotatable bonds is 4. The molecule has 2 heterocycles. The second-order valence-corrected chi connectivity index (χ2v) is 5.32. The van der Waals surface area contributed by atoms with E-state index in [9.17, 15) is 0 Å². The summed E-state index contributed by atoms with van der Waals surface area (Å²) >= 11 is 1.69. The Hall–Kier alpha value is -1.65. The number of aromatic nitrogens is 2. The van der Waals surface area contributed by atoms with Gasteiger partial charge >= 0.3 is 0 Å². The highest BCUT2D eigenvalue weighted by Crippen LogP contribution is 2.20. The molecule has 3 rings (SSSR count). The molecule has 1 aromatic carbocycles. The molecule has 0 radical (unpaired) electrons. The van der Waals surface area contributed by atoms with Crippen molar-refractivity contribution < 1.29 is 0 Å². The van der Waals surface area contributed by atoms with E-state index in [1.54, 1.807) is 11.3 Å². The number of aryl methyl sites for hydroxylation is 1. The summed E-state index contributed by atoms with van der Waals surface area (Å²) in [5, 5.41) is 4.80. The molecule has 0 unspecified atom stereocenters. The fraction of sp³-hybridized carbons (Fsp3) is 0.214. The van der Waals surface area contributed by atoms with Crippen LogP contribution in [0.5, 0.6) is 0 Å². The fourth-order valence-electron chi connectivity index (χ4n) is 2.22. The summed E-state index contributed by atoms with van der Waals surface area (Å²) in [7, 11) is 2.09. The van der Waals surface area contributed by atoms with Gasteiger partial charge in [0.2, 0.25) is 0 Å². The summed E-state index contributed by atoms with van der Waals surface area (Å²) in [5.41, 5.74) is 4.50. The average Bonchev–Trinajstić information content (AvgIpc) is 3.00. The van der Waals surface area contributed by atoms with Crippen LogP contribution in [0, 0.1) is 0 Å². The van der Waals surface area contributed by atoms with Crippen LogP contribution in [0.1, 0.15) is 10.4 Å². The Morgan fingerprint density at radius 2 is 2.17 bits per heavy atom. The predicted molar refractivity (Wildman–Crippen MR) is 75.6 cm³/mol. The van der Waals surface area contributed by atoms with Crippen LogP contribution in [-0.4, -0.2) is 9.55 Å². The molecule has 0 saturated carbocycles. The first-order valence-corrected chi connectivity index (χ1v) is 6.83. The highest BCUT2D eigenvalue weighted by molar-refractivity contribution is 7.09. The maximum Gasteiger partial charge on any atom is 0.0794 e. The van der Waals surface area contributed by atoms with Crippen LogP contribution >= 0.6 is 11.3 Å². The van der Waals surface area contributed by atoms with E-state index in [1.807, 2.05) is 11.7 Å². The van der Waals surface area contributed by atoms with Crippen LogP contribution in [0.2, 0.25) is 0 Å². The zero-order valence-corrected chi connectivity index (χ0v) is 11.1. The molecule has 92 valence electrons. The summed E-state index contributed by atoms with van der Waals surface area (Å²) in [4.78, 5) is 5.35. The Labute approximate surface area is 110 Å². The lowest BCUT2D eigenvalue weighted by atomic mass is 10.2. The third-order valence-electron chi connectivity index (χ3n) is 3.08. The van der Waals surface area contributed by atoms with E-state index in [4.69, 9.17) is 0 Å². The minimum atomic E-state index is 0.883. The molecule has 0 amide bonds. The number of benzene rings is 1.